The van der Waals surface area contributed by atoms with Crippen LogP contribution in [0.25, 0.3) is 0 Å². The minimum atomic E-state index is -1.16. The van der Waals surface area contributed by atoms with E-state index in [1.807, 2.05) is 0 Å². The van der Waals surface area contributed by atoms with Crippen molar-refractivity contribution in [3.05, 3.63) is 46.3 Å². The number of aliphatic carboxylic acids is 2. The fourth-order valence-electron chi connectivity index (χ4n) is 2.99. The lowest BCUT2D eigenvalue weighted by Gasteiger charge is -2.28. The van der Waals surface area contributed by atoms with E-state index in [9.17, 15) is 19.8 Å². The number of carbonyl (C=O) groups is 2. The number of hydrogen-bond acceptors (Lipinski definition) is 5. The lowest BCUT2D eigenvalue weighted by Crippen LogP contribution is -2.30. The minimum absolute atomic E-state index is 0.00636. The van der Waals surface area contributed by atoms with Gasteiger partial charge in [0.15, 0.2) is 11.5 Å². The topological polar surface area (TPSA) is 105 Å². The molecule has 7 nitrogen and oxygen atoms in total. The summed E-state index contributed by atoms with van der Waals surface area (Å²) in [7, 11) is 0. The van der Waals surface area contributed by atoms with Crippen LogP contribution in [0.5, 0.6) is 11.5 Å². The maximum Gasteiger partial charge on any atom is 0.334 e. The van der Waals surface area contributed by atoms with Crippen LogP contribution in [0.2, 0.25) is 0 Å². The summed E-state index contributed by atoms with van der Waals surface area (Å²) in [5.74, 6) is -2.18. The molecule has 0 aliphatic carbocycles. The standard InChI is InChI=1S/C16H15NO6/c1-7-12(15(18)19)14(13(16(20)21)8(2)17-7)9-3-4-10-11(5-9)23-6-22-10/h3-5,14,17H,6H2,1-2H3,(H,18,19)(H,20,21). The molecule has 0 atom stereocenters. The highest BCUT2D eigenvalue weighted by atomic mass is 16.7. The first-order valence-electron chi connectivity index (χ1n) is 6.95. The lowest BCUT2D eigenvalue weighted by atomic mass is 9.80. The number of allylic oxidation sites excluding steroid dienone is 2. The highest BCUT2D eigenvalue weighted by Gasteiger charge is 2.37. The average Bonchev–Trinajstić information content (AvgIpc) is 2.92. The molecule has 0 saturated heterocycles. The second kappa shape index (κ2) is 5.35. The summed E-state index contributed by atoms with van der Waals surface area (Å²) in [6, 6.07) is 4.95. The number of fused-ring (bicyclic) bond motifs is 1. The van der Waals surface area contributed by atoms with Gasteiger partial charge in [-0.05, 0) is 31.5 Å². The van der Waals surface area contributed by atoms with Crippen molar-refractivity contribution in [3.63, 3.8) is 0 Å². The molecule has 0 bridgehead atoms. The Labute approximate surface area is 131 Å². The molecule has 3 N–H and O–H groups in total. The normalized spacial score (nSPS) is 17.3. The Bertz CT molecular complexity index is 741. The summed E-state index contributed by atoms with van der Waals surface area (Å²) in [6.45, 7) is 3.32. The molecule has 0 fully saturated rings. The van der Waals surface area contributed by atoms with Gasteiger partial charge in [0.1, 0.15) is 0 Å². The van der Waals surface area contributed by atoms with Gasteiger partial charge in [0.25, 0.3) is 0 Å². The van der Waals surface area contributed by atoms with E-state index in [0.29, 0.717) is 28.5 Å². The van der Waals surface area contributed by atoms with Crippen molar-refractivity contribution in [1.82, 2.24) is 5.32 Å². The van der Waals surface area contributed by atoms with Crippen molar-refractivity contribution in [3.8, 4) is 11.5 Å². The summed E-state index contributed by atoms with van der Waals surface area (Å²) in [5.41, 5.74) is 1.38. The first-order chi connectivity index (χ1) is 10.9. The molecule has 0 aromatic heterocycles. The number of hydrogen-bond donors (Lipinski definition) is 3. The Morgan fingerprint density at radius 1 is 1.04 bits per heavy atom. The zero-order chi connectivity index (χ0) is 16.7. The molecule has 0 spiro atoms. The Morgan fingerprint density at radius 3 is 2.17 bits per heavy atom. The molecule has 0 radical (unpaired) electrons. The number of nitrogens with one attached hydrogen (secondary N) is 1. The number of rotatable bonds is 3. The van der Waals surface area contributed by atoms with E-state index in [0.717, 1.165) is 0 Å². The van der Waals surface area contributed by atoms with Crippen LogP contribution in [0, 0.1) is 0 Å². The number of carboxylic acids is 2. The number of dihydropyridines is 1. The van der Waals surface area contributed by atoms with Crippen molar-refractivity contribution in [2.45, 2.75) is 19.8 Å². The van der Waals surface area contributed by atoms with E-state index in [-0.39, 0.29) is 17.9 Å². The van der Waals surface area contributed by atoms with Crippen LogP contribution < -0.4 is 14.8 Å². The molecule has 2 heterocycles. The van der Waals surface area contributed by atoms with Gasteiger partial charge in [-0.15, -0.1) is 0 Å². The molecule has 3 rings (SSSR count). The smallest absolute Gasteiger partial charge is 0.334 e. The van der Waals surface area contributed by atoms with E-state index in [1.54, 1.807) is 32.0 Å². The van der Waals surface area contributed by atoms with Crippen LogP contribution in [-0.4, -0.2) is 28.9 Å². The maximum absolute atomic E-state index is 11.7. The van der Waals surface area contributed by atoms with E-state index in [4.69, 9.17) is 9.47 Å². The Kier molecular flexibility index (Phi) is 3.48. The van der Waals surface area contributed by atoms with Crippen LogP contribution in [-0.2, 0) is 9.59 Å². The van der Waals surface area contributed by atoms with Crippen LogP contribution in [0.1, 0.15) is 25.3 Å². The van der Waals surface area contributed by atoms with Crippen LogP contribution >= 0.6 is 0 Å². The minimum Gasteiger partial charge on any atom is -0.478 e. The second-order valence-electron chi connectivity index (χ2n) is 5.36. The van der Waals surface area contributed by atoms with Crippen molar-refractivity contribution in [2.24, 2.45) is 0 Å². The highest BCUT2D eigenvalue weighted by Crippen LogP contribution is 2.42. The molecule has 23 heavy (non-hydrogen) atoms. The Morgan fingerprint density at radius 2 is 1.61 bits per heavy atom. The van der Waals surface area contributed by atoms with Gasteiger partial charge in [-0.25, -0.2) is 9.59 Å². The highest BCUT2D eigenvalue weighted by molar-refractivity contribution is 5.98. The molecule has 0 amide bonds. The third-order valence-corrected chi connectivity index (χ3v) is 3.95. The van der Waals surface area contributed by atoms with Crippen LogP contribution in [0.15, 0.2) is 40.7 Å². The number of ether oxygens (including phenoxy) is 2. The van der Waals surface area contributed by atoms with Gasteiger partial charge in [0.2, 0.25) is 6.79 Å². The van der Waals surface area contributed by atoms with Crippen molar-refractivity contribution < 1.29 is 29.3 Å². The average molecular weight is 317 g/mol. The largest absolute Gasteiger partial charge is 0.478 e. The van der Waals surface area contributed by atoms with Gasteiger partial charge >= 0.3 is 11.9 Å². The number of benzene rings is 1. The van der Waals surface area contributed by atoms with Gasteiger partial charge in [-0.3, -0.25) is 0 Å². The summed E-state index contributed by atoms with van der Waals surface area (Å²) < 4.78 is 10.6. The zero-order valence-electron chi connectivity index (χ0n) is 12.5. The van der Waals surface area contributed by atoms with Gasteiger partial charge < -0.3 is 25.0 Å². The fourth-order valence-corrected chi connectivity index (χ4v) is 2.99. The fraction of sp³-hybridized carbons (Fsp3) is 0.250. The van der Waals surface area contributed by atoms with Gasteiger partial charge in [-0.2, -0.15) is 0 Å². The Hall–Kier alpha value is -2.96. The van der Waals surface area contributed by atoms with Crippen molar-refractivity contribution >= 4 is 11.9 Å². The molecule has 0 saturated carbocycles. The first kappa shape index (κ1) is 15.0. The van der Waals surface area contributed by atoms with E-state index >= 15 is 0 Å². The SMILES string of the molecule is CC1=C(C(=O)O)C(c2ccc3c(c2)OCO3)C(C(=O)O)=C(C)N1. The monoisotopic (exact) mass is 317 g/mol. The second-order valence-corrected chi connectivity index (χ2v) is 5.36. The molecule has 2 aliphatic heterocycles. The van der Waals surface area contributed by atoms with Crippen LogP contribution in [0.3, 0.4) is 0 Å². The molecule has 1 aromatic rings. The third kappa shape index (κ3) is 2.40. The maximum atomic E-state index is 11.7. The molecule has 120 valence electrons. The quantitative estimate of drug-likeness (QED) is 0.781. The van der Waals surface area contributed by atoms with Crippen molar-refractivity contribution in [1.29, 1.82) is 0 Å². The Balaban J connectivity index is 2.19. The molecule has 1 aromatic carbocycles. The van der Waals surface area contributed by atoms with E-state index in [2.05, 4.69) is 5.32 Å². The summed E-state index contributed by atoms with van der Waals surface area (Å²) >= 11 is 0. The first-order valence-corrected chi connectivity index (χ1v) is 6.95. The molecular formula is C16H15NO6. The van der Waals surface area contributed by atoms with E-state index in [1.165, 1.54) is 0 Å². The van der Waals surface area contributed by atoms with Gasteiger partial charge in [0.05, 0.1) is 17.1 Å². The summed E-state index contributed by atoms with van der Waals surface area (Å²) in [5, 5.41) is 21.9. The van der Waals surface area contributed by atoms with Gasteiger partial charge in [0, 0.05) is 11.4 Å². The molecule has 7 heteroatoms. The third-order valence-electron chi connectivity index (χ3n) is 3.95. The summed E-state index contributed by atoms with van der Waals surface area (Å²) in [6.07, 6.45) is 0. The molecule has 0 unspecified atom stereocenters. The van der Waals surface area contributed by atoms with Crippen LogP contribution in [0.4, 0.5) is 0 Å². The molecule has 2 aliphatic rings. The lowest BCUT2D eigenvalue weighted by molar-refractivity contribution is -0.133. The number of carboxylic acid groups (broad SMARTS) is 2. The molecular weight excluding hydrogens is 302 g/mol. The van der Waals surface area contributed by atoms with Crippen molar-refractivity contribution in [2.75, 3.05) is 6.79 Å². The predicted octanol–water partition coefficient (Wildman–Crippen LogP) is 1.82. The predicted molar refractivity (Wildman–Crippen MR) is 79.1 cm³/mol. The van der Waals surface area contributed by atoms with Gasteiger partial charge in [-0.1, -0.05) is 6.07 Å². The zero-order valence-corrected chi connectivity index (χ0v) is 12.5. The van der Waals surface area contributed by atoms with E-state index < -0.39 is 17.9 Å². The summed E-state index contributed by atoms with van der Waals surface area (Å²) in [4.78, 5) is 23.4.